The van der Waals surface area contributed by atoms with Gasteiger partial charge in [-0.25, -0.2) is 9.97 Å². The van der Waals surface area contributed by atoms with Crippen molar-refractivity contribution in [3.05, 3.63) is 40.0 Å². The van der Waals surface area contributed by atoms with Crippen LogP contribution in [0.25, 0.3) is 11.3 Å². The maximum Gasteiger partial charge on any atom is 0.221 e. The highest BCUT2D eigenvalue weighted by atomic mass is 35.5. The standard InChI is InChI=1S/C11H10Cl2N4/c12-7-2-1-6(5-14)8(3-7)9-4-10(13)17-11(15)16-9/h1-4H,5,14H2,(H2,15,16,17). The summed E-state index contributed by atoms with van der Waals surface area (Å²) in [5, 5.41) is 0.890. The van der Waals surface area contributed by atoms with Crippen LogP contribution in [-0.4, -0.2) is 9.97 Å². The van der Waals surface area contributed by atoms with E-state index in [1.807, 2.05) is 6.07 Å². The maximum absolute atomic E-state index is 5.95. The molecular weight excluding hydrogens is 259 g/mol. The second-order valence-corrected chi connectivity index (χ2v) is 4.26. The van der Waals surface area contributed by atoms with E-state index in [4.69, 9.17) is 34.7 Å². The lowest BCUT2D eigenvalue weighted by atomic mass is 10.0. The monoisotopic (exact) mass is 268 g/mol. The molecule has 4 nitrogen and oxygen atoms in total. The Bertz CT molecular complexity index is 537. The summed E-state index contributed by atoms with van der Waals surface area (Å²) < 4.78 is 0. The normalized spacial score (nSPS) is 10.5. The highest BCUT2D eigenvalue weighted by Gasteiger charge is 2.08. The minimum atomic E-state index is 0.121. The molecule has 0 aliphatic heterocycles. The fraction of sp³-hybridized carbons (Fsp3) is 0.0909. The molecule has 0 amide bonds. The van der Waals surface area contributed by atoms with Crippen LogP contribution >= 0.6 is 23.2 Å². The maximum atomic E-state index is 5.95. The van der Waals surface area contributed by atoms with Crippen molar-refractivity contribution in [2.24, 2.45) is 5.73 Å². The third kappa shape index (κ3) is 2.66. The second-order valence-electron chi connectivity index (χ2n) is 3.44. The Labute approximate surface area is 109 Å². The molecule has 0 radical (unpaired) electrons. The molecule has 1 aromatic carbocycles. The predicted molar refractivity (Wildman–Crippen MR) is 69.8 cm³/mol. The molecule has 0 aliphatic carbocycles. The van der Waals surface area contributed by atoms with Crippen LogP contribution < -0.4 is 11.5 Å². The van der Waals surface area contributed by atoms with Gasteiger partial charge in [0.05, 0.1) is 5.69 Å². The molecule has 0 spiro atoms. The predicted octanol–water partition coefficient (Wildman–Crippen LogP) is 2.49. The van der Waals surface area contributed by atoms with Crippen molar-refractivity contribution in [2.75, 3.05) is 5.73 Å². The van der Waals surface area contributed by atoms with E-state index in [0.29, 0.717) is 17.3 Å². The number of aromatic nitrogens is 2. The van der Waals surface area contributed by atoms with Crippen LogP contribution in [0.2, 0.25) is 10.2 Å². The first kappa shape index (κ1) is 12.1. The van der Waals surface area contributed by atoms with Crippen LogP contribution in [0.1, 0.15) is 5.56 Å². The van der Waals surface area contributed by atoms with Crippen LogP contribution in [0.4, 0.5) is 5.95 Å². The molecule has 2 aromatic rings. The van der Waals surface area contributed by atoms with E-state index in [-0.39, 0.29) is 11.1 Å². The van der Waals surface area contributed by atoms with Crippen molar-refractivity contribution in [2.45, 2.75) is 6.54 Å². The third-order valence-electron chi connectivity index (χ3n) is 2.28. The van der Waals surface area contributed by atoms with Gasteiger partial charge in [0.2, 0.25) is 5.95 Å². The van der Waals surface area contributed by atoms with Gasteiger partial charge in [-0.05, 0) is 17.7 Å². The van der Waals surface area contributed by atoms with Crippen LogP contribution in [-0.2, 0) is 6.54 Å². The lowest BCUT2D eigenvalue weighted by molar-refractivity contribution is 1.07. The molecule has 0 aliphatic rings. The zero-order valence-electron chi connectivity index (χ0n) is 8.82. The Kier molecular flexibility index (Phi) is 3.47. The zero-order chi connectivity index (χ0) is 12.4. The van der Waals surface area contributed by atoms with Gasteiger partial charge >= 0.3 is 0 Å². The molecule has 17 heavy (non-hydrogen) atoms. The van der Waals surface area contributed by atoms with E-state index in [9.17, 15) is 0 Å². The van der Waals surface area contributed by atoms with Crippen molar-refractivity contribution in [1.82, 2.24) is 9.97 Å². The smallest absolute Gasteiger partial charge is 0.221 e. The topological polar surface area (TPSA) is 77.8 Å². The molecule has 0 saturated carbocycles. The number of nitrogens with two attached hydrogens (primary N) is 2. The molecule has 0 unspecified atom stereocenters. The molecular formula is C11H10Cl2N4. The van der Waals surface area contributed by atoms with Gasteiger partial charge in [-0.3, -0.25) is 0 Å². The van der Waals surface area contributed by atoms with E-state index in [0.717, 1.165) is 11.1 Å². The molecule has 0 bridgehead atoms. The molecule has 4 N–H and O–H groups in total. The van der Waals surface area contributed by atoms with E-state index >= 15 is 0 Å². The summed E-state index contributed by atoms with van der Waals surface area (Å²) in [6.45, 7) is 0.383. The first-order valence-corrected chi connectivity index (χ1v) is 5.64. The fourth-order valence-corrected chi connectivity index (χ4v) is 1.90. The largest absolute Gasteiger partial charge is 0.368 e. The quantitative estimate of drug-likeness (QED) is 0.821. The number of benzene rings is 1. The highest BCUT2D eigenvalue weighted by Crippen LogP contribution is 2.27. The lowest BCUT2D eigenvalue weighted by Gasteiger charge is -2.08. The van der Waals surface area contributed by atoms with Crippen LogP contribution in [0, 0.1) is 0 Å². The Morgan fingerprint density at radius 2 is 1.88 bits per heavy atom. The Hall–Kier alpha value is -1.36. The SMILES string of the molecule is NCc1ccc(Cl)cc1-c1cc(Cl)nc(N)n1. The first-order valence-electron chi connectivity index (χ1n) is 4.89. The van der Waals surface area contributed by atoms with Crippen LogP contribution in [0.5, 0.6) is 0 Å². The highest BCUT2D eigenvalue weighted by molar-refractivity contribution is 6.31. The molecule has 0 saturated heterocycles. The fourth-order valence-electron chi connectivity index (χ4n) is 1.54. The third-order valence-corrected chi connectivity index (χ3v) is 2.71. The summed E-state index contributed by atoms with van der Waals surface area (Å²) in [6.07, 6.45) is 0. The summed E-state index contributed by atoms with van der Waals surface area (Å²) >= 11 is 11.8. The number of halogens is 2. The van der Waals surface area contributed by atoms with Crippen molar-refractivity contribution < 1.29 is 0 Å². The van der Waals surface area contributed by atoms with Gasteiger partial charge in [0.1, 0.15) is 5.15 Å². The van der Waals surface area contributed by atoms with Gasteiger partial charge in [-0.15, -0.1) is 0 Å². The van der Waals surface area contributed by atoms with Crippen LogP contribution in [0.3, 0.4) is 0 Å². The molecule has 0 atom stereocenters. The Morgan fingerprint density at radius 3 is 2.53 bits per heavy atom. The van der Waals surface area contributed by atoms with Crippen molar-refractivity contribution in [3.8, 4) is 11.3 Å². The van der Waals surface area contributed by atoms with Gasteiger partial charge in [-0.1, -0.05) is 29.3 Å². The van der Waals surface area contributed by atoms with Crippen LogP contribution in [0.15, 0.2) is 24.3 Å². The van der Waals surface area contributed by atoms with Gasteiger partial charge in [-0.2, -0.15) is 0 Å². The lowest BCUT2D eigenvalue weighted by Crippen LogP contribution is -2.02. The number of nitrogen functional groups attached to an aromatic ring is 1. The molecule has 1 aromatic heterocycles. The second kappa shape index (κ2) is 4.87. The van der Waals surface area contributed by atoms with Crippen molar-refractivity contribution in [1.29, 1.82) is 0 Å². The summed E-state index contributed by atoms with van der Waals surface area (Å²) in [4.78, 5) is 7.93. The first-order chi connectivity index (χ1) is 8.10. The molecule has 6 heteroatoms. The molecule has 0 fully saturated rings. The summed E-state index contributed by atoms with van der Waals surface area (Å²) in [5.74, 6) is 0.121. The number of nitrogens with zero attached hydrogens (tertiary/aromatic N) is 2. The van der Waals surface area contributed by atoms with Gasteiger partial charge in [0, 0.05) is 23.2 Å². The van der Waals surface area contributed by atoms with Crippen molar-refractivity contribution in [3.63, 3.8) is 0 Å². The molecule has 2 rings (SSSR count). The summed E-state index contributed by atoms with van der Waals surface area (Å²) in [5.41, 5.74) is 13.6. The van der Waals surface area contributed by atoms with E-state index < -0.39 is 0 Å². The zero-order valence-corrected chi connectivity index (χ0v) is 10.3. The van der Waals surface area contributed by atoms with Gasteiger partial charge in [0.15, 0.2) is 0 Å². The van der Waals surface area contributed by atoms with Gasteiger partial charge < -0.3 is 11.5 Å². The van der Waals surface area contributed by atoms with E-state index in [1.54, 1.807) is 18.2 Å². The number of hydrogen-bond acceptors (Lipinski definition) is 4. The Morgan fingerprint density at radius 1 is 1.12 bits per heavy atom. The minimum Gasteiger partial charge on any atom is -0.368 e. The number of hydrogen-bond donors (Lipinski definition) is 2. The van der Waals surface area contributed by atoms with Crippen molar-refractivity contribution >= 4 is 29.2 Å². The van der Waals surface area contributed by atoms with E-state index in [1.165, 1.54) is 0 Å². The molecule has 88 valence electrons. The Balaban J connectivity index is 2.62. The summed E-state index contributed by atoms with van der Waals surface area (Å²) in [7, 11) is 0. The molecule has 1 heterocycles. The summed E-state index contributed by atoms with van der Waals surface area (Å²) in [6, 6.07) is 7.04. The number of rotatable bonds is 2. The van der Waals surface area contributed by atoms with E-state index in [2.05, 4.69) is 9.97 Å². The van der Waals surface area contributed by atoms with Gasteiger partial charge in [0.25, 0.3) is 0 Å². The number of anilines is 1. The average molecular weight is 269 g/mol. The average Bonchev–Trinajstić information content (AvgIpc) is 2.27. The minimum absolute atomic E-state index is 0.121.